The number of carbonyl (C=O) groups excluding carboxylic acids is 1. The molecular formula is C10H15F3N2O3. The Morgan fingerprint density at radius 3 is 2.28 bits per heavy atom. The zero-order valence-corrected chi connectivity index (χ0v) is 9.75. The Labute approximate surface area is 102 Å². The van der Waals surface area contributed by atoms with E-state index in [2.05, 4.69) is 5.32 Å². The minimum Gasteiger partial charge on any atom is -0.481 e. The average Bonchev–Trinajstić information content (AvgIpc) is 2.64. The maximum absolute atomic E-state index is 12.5. The van der Waals surface area contributed by atoms with Crippen molar-refractivity contribution in [3.05, 3.63) is 0 Å². The molecule has 0 radical (unpaired) electrons. The lowest BCUT2D eigenvalue weighted by Gasteiger charge is -2.27. The molecule has 3 atom stereocenters. The van der Waals surface area contributed by atoms with Gasteiger partial charge in [-0.25, -0.2) is 0 Å². The number of nitrogens with one attached hydrogen (secondary N) is 1. The number of carbonyl (C=O) groups is 2. The van der Waals surface area contributed by atoms with Crippen molar-refractivity contribution in [3.63, 3.8) is 0 Å². The summed E-state index contributed by atoms with van der Waals surface area (Å²) in [7, 11) is 0. The van der Waals surface area contributed by atoms with E-state index in [1.807, 2.05) is 0 Å². The van der Waals surface area contributed by atoms with Crippen molar-refractivity contribution in [1.82, 2.24) is 5.32 Å². The highest BCUT2D eigenvalue weighted by Crippen LogP contribution is 2.30. The third kappa shape index (κ3) is 2.92. The van der Waals surface area contributed by atoms with Crippen LogP contribution in [0.4, 0.5) is 13.2 Å². The molecule has 0 heterocycles. The first-order valence-corrected chi connectivity index (χ1v) is 5.45. The van der Waals surface area contributed by atoms with Gasteiger partial charge in [-0.1, -0.05) is 0 Å². The normalized spacial score (nSPS) is 27.6. The molecule has 0 aromatic carbocycles. The first-order valence-electron chi connectivity index (χ1n) is 5.45. The summed E-state index contributed by atoms with van der Waals surface area (Å²) in [6.07, 6.45) is -4.03. The van der Waals surface area contributed by atoms with Crippen molar-refractivity contribution < 1.29 is 27.9 Å². The molecule has 1 aliphatic rings. The summed E-state index contributed by atoms with van der Waals surface area (Å²) >= 11 is 0. The molecule has 0 spiro atoms. The molecule has 1 aliphatic carbocycles. The molecule has 0 saturated heterocycles. The number of hydrogen-bond acceptors (Lipinski definition) is 3. The first-order chi connectivity index (χ1) is 8.05. The number of halogens is 3. The van der Waals surface area contributed by atoms with Gasteiger partial charge in [-0.15, -0.1) is 0 Å². The van der Waals surface area contributed by atoms with E-state index in [0.717, 1.165) is 0 Å². The monoisotopic (exact) mass is 268 g/mol. The SMILES string of the molecule is CC(N)(C(=O)N[C@H]1CC[C@@H](C(=O)O)C1)C(F)(F)F. The van der Waals surface area contributed by atoms with Crippen molar-refractivity contribution in [1.29, 1.82) is 0 Å². The maximum atomic E-state index is 12.5. The second kappa shape index (κ2) is 4.75. The predicted molar refractivity (Wildman–Crippen MR) is 55.6 cm³/mol. The minimum absolute atomic E-state index is 0.134. The maximum Gasteiger partial charge on any atom is 0.415 e. The number of carboxylic acid groups (broad SMARTS) is 1. The molecule has 104 valence electrons. The highest BCUT2D eigenvalue weighted by molar-refractivity contribution is 5.87. The standard InChI is InChI=1S/C10H15F3N2O3/c1-9(14,10(11,12)13)8(18)15-6-3-2-5(4-6)7(16)17/h5-6H,2-4,14H2,1H3,(H,15,18)(H,16,17)/t5-,6+,9?/m1/s1. The van der Waals surface area contributed by atoms with Crippen molar-refractivity contribution in [2.75, 3.05) is 0 Å². The number of alkyl halides is 3. The van der Waals surface area contributed by atoms with E-state index >= 15 is 0 Å². The highest BCUT2D eigenvalue weighted by Gasteiger charge is 2.54. The Kier molecular flexibility index (Phi) is 3.89. The van der Waals surface area contributed by atoms with Crippen molar-refractivity contribution >= 4 is 11.9 Å². The molecule has 0 aromatic rings. The number of nitrogens with two attached hydrogens (primary N) is 1. The fourth-order valence-corrected chi connectivity index (χ4v) is 1.80. The summed E-state index contributed by atoms with van der Waals surface area (Å²) in [6.45, 7) is 0.589. The van der Waals surface area contributed by atoms with Gasteiger partial charge >= 0.3 is 12.1 Å². The van der Waals surface area contributed by atoms with E-state index < -0.39 is 35.6 Å². The van der Waals surface area contributed by atoms with Gasteiger partial charge in [0.2, 0.25) is 5.91 Å². The Morgan fingerprint density at radius 1 is 1.33 bits per heavy atom. The molecule has 1 fully saturated rings. The number of carboxylic acids is 1. The second-order valence-corrected chi connectivity index (χ2v) is 4.72. The van der Waals surface area contributed by atoms with Crippen LogP contribution in [0.2, 0.25) is 0 Å². The van der Waals surface area contributed by atoms with E-state index in [1.54, 1.807) is 0 Å². The van der Waals surface area contributed by atoms with Gasteiger partial charge in [-0.05, 0) is 26.2 Å². The predicted octanol–water partition coefficient (Wildman–Crippen LogP) is 0.636. The van der Waals surface area contributed by atoms with Crippen LogP contribution < -0.4 is 11.1 Å². The van der Waals surface area contributed by atoms with Crippen LogP contribution in [-0.2, 0) is 9.59 Å². The molecule has 1 unspecified atom stereocenters. The molecule has 0 aliphatic heterocycles. The Hall–Kier alpha value is -1.31. The number of rotatable bonds is 3. The lowest BCUT2D eigenvalue weighted by Crippen LogP contribution is -2.62. The van der Waals surface area contributed by atoms with Gasteiger partial charge in [0.05, 0.1) is 5.92 Å². The van der Waals surface area contributed by atoms with E-state index in [1.165, 1.54) is 0 Å². The van der Waals surface area contributed by atoms with Gasteiger partial charge in [0.25, 0.3) is 0 Å². The Balaban J connectivity index is 2.60. The van der Waals surface area contributed by atoms with Crippen LogP contribution in [0.5, 0.6) is 0 Å². The van der Waals surface area contributed by atoms with Gasteiger partial charge in [0.1, 0.15) is 0 Å². The highest BCUT2D eigenvalue weighted by atomic mass is 19.4. The molecule has 18 heavy (non-hydrogen) atoms. The third-order valence-corrected chi connectivity index (χ3v) is 3.18. The van der Waals surface area contributed by atoms with Crippen molar-refractivity contribution in [3.8, 4) is 0 Å². The average molecular weight is 268 g/mol. The minimum atomic E-state index is -4.85. The lowest BCUT2D eigenvalue weighted by atomic mass is 10.0. The zero-order chi connectivity index (χ0) is 14.1. The smallest absolute Gasteiger partial charge is 0.415 e. The van der Waals surface area contributed by atoms with Crippen LogP contribution >= 0.6 is 0 Å². The van der Waals surface area contributed by atoms with Crippen molar-refractivity contribution in [2.45, 2.75) is 43.9 Å². The van der Waals surface area contributed by atoms with Crippen LogP contribution in [0.1, 0.15) is 26.2 Å². The fourth-order valence-electron chi connectivity index (χ4n) is 1.80. The van der Waals surface area contributed by atoms with E-state index in [9.17, 15) is 22.8 Å². The Morgan fingerprint density at radius 2 is 1.89 bits per heavy atom. The number of hydrogen-bond donors (Lipinski definition) is 3. The quantitative estimate of drug-likeness (QED) is 0.700. The molecule has 5 nitrogen and oxygen atoms in total. The summed E-state index contributed by atoms with van der Waals surface area (Å²) in [5.41, 5.74) is 1.99. The largest absolute Gasteiger partial charge is 0.481 e. The topological polar surface area (TPSA) is 92.4 Å². The zero-order valence-electron chi connectivity index (χ0n) is 9.75. The molecule has 0 aromatic heterocycles. The molecule has 0 bridgehead atoms. The van der Waals surface area contributed by atoms with Gasteiger partial charge in [0, 0.05) is 6.04 Å². The molecule has 1 saturated carbocycles. The number of amides is 1. The first kappa shape index (κ1) is 14.7. The van der Waals surface area contributed by atoms with Crippen LogP contribution in [0, 0.1) is 5.92 Å². The van der Waals surface area contributed by atoms with Gasteiger partial charge in [-0.3, -0.25) is 9.59 Å². The van der Waals surface area contributed by atoms with Crippen LogP contribution in [0.15, 0.2) is 0 Å². The summed E-state index contributed by atoms with van der Waals surface area (Å²) in [5.74, 6) is -2.95. The Bertz CT molecular complexity index is 355. The summed E-state index contributed by atoms with van der Waals surface area (Å²) in [4.78, 5) is 22.1. The molecule has 1 rings (SSSR count). The van der Waals surface area contributed by atoms with Crippen LogP contribution in [0.3, 0.4) is 0 Å². The van der Waals surface area contributed by atoms with E-state index in [4.69, 9.17) is 10.8 Å². The van der Waals surface area contributed by atoms with Gasteiger partial charge in [0.15, 0.2) is 5.54 Å². The van der Waals surface area contributed by atoms with Gasteiger partial charge in [-0.2, -0.15) is 13.2 Å². The molecule has 1 amide bonds. The van der Waals surface area contributed by atoms with Crippen LogP contribution in [0.25, 0.3) is 0 Å². The summed E-state index contributed by atoms with van der Waals surface area (Å²) in [6, 6.07) is -0.566. The fraction of sp³-hybridized carbons (Fsp3) is 0.800. The summed E-state index contributed by atoms with van der Waals surface area (Å²) in [5, 5.41) is 10.9. The summed E-state index contributed by atoms with van der Waals surface area (Å²) < 4.78 is 37.4. The van der Waals surface area contributed by atoms with Crippen molar-refractivity contribution in [2.24, 2.45) is 11.7 Å². The van der Waals surface area contributed by atoms with Gasteiger partial charge < -0.3 is 16.2 Å². The number of aliphatic carboxylic acids is 1. The lowest BCUT2D eigenvalue weighted by molar-refractivity contribution is -0.187. The molecular weight excluding hydrogens is 253 g/mol. The third-order valence-electron chi connectivity index (χ3n) is 3.18. The molecule has 4 N–H and O–H groups in total. The van der Waals surface area contributed by atoms with Crippen LogP contribution in [-0.4, -0.2) is 34.7 Å². The van der Waals surface area contributed by atoms with E-state index in [0.29, 0.717) is 19.8 Å². The molecule has 8 heteroatoms. The second-order valence-electron chi connectivity index (χ2n) is 4.72. The van der Waals surface area contributed by atoms with E-state index in [-0.39, 0.29) is 6.42 Å².